The normalized spacial score (nSPS) is 15.0. The first kappa shape index (κ1) is 19.3. The number of aryl methyl sites for hydroxylation is 3. The minimum atomic E-state index is -0.395. The summed E-state index contributed by atoms with van der Waals surface area (Å²) in [4.78, 5) is 43.0. The molecule has 0 saturated carbocycles. The van der Waals surface area contributed by atoms with Gasteiger partial charge in [0.25, 0.3) is 5.91 Å². The smallest absolute Gasteiger partial charge is 0.279 e. The number of rotatable bonds is 3. The van der Waals surface area contributed by atoms with E-state index in [-0.39, 0.29) is 24.7 Å². The molecule has 0 spiro atoms. The van der Waals surface area contributed by atoms with Crippen LogP contribution in [0.3, 0.4) is 0 Å². The molecule has 148 valence electrons. The number of imide groups is 1. The molecule has 4 rings (SSSR count). The summed E-state index contributed by atoms with van der Waals surface area (Å²) in [5, 5.41) is 0. The van der Waals surface area contributed by atoms with Crippen LogP contribution >= 0.6 is 11.3 Å². The Bertz CT molecular complexity index is 1220. The van der Waals surface area contributed by atoms with E-state index in [1.807, 2.05) is 11.5 Å². The van der Waals surface area contributed by atoms with E-state index in [2.05, 4.69) is 31.0 Å². The molecule has 1 fully saturated rings. The standard InChI is InChI=1S/C22H21N3O3S/c1-4-24-17-10-13(2)14(3)11-18(17)29-22(24)23-21(28)15-6-5-7-16(12-15)25-19(26)8-9-20(25)27/h5-7,10-12H,4,8-9H2,1-3H3. The molecule has 3 aromatic rings. The van der Waals surface area contributed by atoms with Crippen LogP contribution in [0.5, 0.6) is 0 Å². The fourth-order valence-corrected chi connectivity index (χ4v) is 4.68. The summed E-state index contributed by atoms with van der Waals surface area (Å²) in [6.07, 6.45) is 0.414. The highest BCUT2D eigenvalue weighted by molar-refractivity contribution is 7.16. The van der Waals surface area contributed by atoms with Crippen molar-refractivity contribution in [2.45, 2.75) is 40.2 Å². The molecule has 1 aliphatic rings. The summed E-state index contributed by atoms with van der Waals surface area (Å²) in [5.74, 6) is -0.876. The number of benzene rings is 2. The Kier molecular flexibility index (Phi) is 4.92. The second-order valence-electron chi connectivity index (χ2n) is 7.12. The number of hydrogen-bond acceptors (Lipinski definition) is 4. The van der Waals surface area contributed by atoms with E-state index in [9.17, 15) is 14.4 Å². The summed E-state index contributed by atoms with van der Waals surface area (Å²) in [5.41, 5.74) is 4.23. The van der Waals surface area contributed by atoms with E-state index in [4.69, 9.17) is 0 Å². The molecule has 1 saturated heterocycles. The van der Waals surface area contributed by atoms with Crippen molar-refractivity contribution in [3.63, 3.8) is 0 Å². The highest BCUT2D eigenvalue weighted by Crippen LogP contribution is 2.24. The van der Waals surface area contributed by atoms with Crippen molar-refractivity contribution in [1.29, 1.82) is 0 Å². The van der Waals surface area contributed by atoms with Gasteiger partial charge in [-0.25, -0.2) is 0 Å². The molecular formula is C22H21N3O3S. The van der Waals surface area contributed by atoms with Crippen molar-refractivity contribution < 1.29 is 14.4 Å². The van der Waals surface area contributed by atoms with Crippen LogP contribution in [0.2, 0.25) is 0 Å². The van der Waals surface area contributed by atoms with Crippen molar-refractivity contribution in [1.82, 2.24) is 4.57 Å². The number of anilines is 1. The van der Waals surface area contributed by atoms with E-state index < -0.39 is 5.91 Å². The third kappa shape index (κ3) is 3.42. The Hall–Kier alpha value is -3.06. The monoisotopic (exact) mass is 407 g/mol. The van der Waals surface area contributed by atoms with Crippen molar-refractivity contribution in [3.05, 3.63) is 57.9 Å². The third-order valence-electron chi connectivity index (χ3n) is 5.21. The highest BCUT2D eigenvalue weighted by Gasteiger charge is 2.30. The van der Waals surface area contributed by atoms with Gasteiger partial charge < -0.3 is 4.57 Å². The van der Waals surface area contributed by atoms with Gasteiger partial charge in [-0.05, 0) is 62.2 Å². The van der Waals surface area contributed by atoms with Gasteiger partial charge in [-0.15, -0.1) is 0 Å². The van der Waals surface area contributed by atoms with Gasteiger partial charge in [0, 0.05) is 24.9 Å². The van der Waals surface area contributed by atoms with E-state index in [1.54, 1.807) is 24.3 Å². The number of amides is 3. The lowest BCUT2D eigenvalue weighted by atomic mass is 10.1. The first-order valence-corrected chi connectivity index (χ1v) is 10.4. The molecule has 6 nitrogen and oxygen atoms in total. The maximum atomic E-state index is 12.9. The van der Waals surface area contributed by atoms with E-state index in [0.29, 0.717) is 22.6 Å². The quantitative estimate of drug-likeness (QED) is 0.621. The number of hydrogen-bond donors (Lipinski definition) is 0. The lowest BCUT2D eigenvalue weighted by Crippen LogP contribution is -2.28. The number of nitrogens with zero attached hydrogens (tertiary/aromatic N) is 3. The molecule has 29 heavy (non-hydrogen) atoms. The van der Waals surface area contributed by atoms with E-state index >= 15 is 0 Å². The van der Waals surface area contributed by atoms with E-state index in [0.717, 1.165) is 15.1 Å². The van der Waals surface area contributed by atoms with Crippen LogP contribution in [-0.4, -0.2) is 22.3 Å². The maximum absolute atomic E-state index is 12.9. The Morgan fingerprint density at radius 1 is 1.07 bits per heavy atom. The summed E-state index contributed by atoms with van der Waals surface area (Å²) in [7, 11) is 0. The van der Waals surface area contributed by atoms with Crippen LogP contribution in [-0.2, 0) is 16.1 Å². The number of thiazole rings is 1. The maximum Gasteiger partial charge on any atom is 0.279 e. The Morgan fingerprint density at radius 3 is 2.45 bits per heavy atom. The van der Waals surface area contributed by atoms with Crippen LogP contribution in [0.4, 0.5) is 5.69 Å². The predicted molar refractivity (Wildman–Crippen MR) is 113 cm³/mol. The summed E-state index contributed by atoms with van der Waals surface area (Å²) in [6.45, 7) is 6.86. The number of aromatic nitrogens is 1. The summed E-state index contributed by atoms with van der Waals surface area (Å²) < 4.78 is 3.12. The largest absolute Gasteiger partial charge is 0.317 e. The first-order chi connectivity index (χ1) is 13.9. The van der Waals surface area contributed by atoms with Crippen molar-refractivity contribution in [2.24, 2.45) is 4.99 Å². The molecule has 0 unspecified atom stereocenters. The van der Waals surface area contributed by atoms with Crippen LogP contribution in [0.25, 0.3) is 10.2 Å². The minimum absolute atomic E-state index is 0.207. The molecule has 1 aromatic heterocycles. The number of carbonyl (C=O) groups excluding carboxylic acids is 3. The van der Waals surface area contributed by atoms with Gasteiger partial charge in [0.2, 0.25) is 11.8 Å². The van der Waals surface area contributed by atoms with Gasteiger partial charge in [-0.3, -0.25) is 19.3 Å². The molecule has 2 heterocycles. The van der Waals surface area contributed by atoms with Gasteiger partial charge >= 0.3 is 0 Å². The molecule has 0 aliphatic carbocycles. The topological polar surface area (TPSA) is 71.7 Å². The second kappa shape index (κ2) is 7.40. The van der Waals surface area contributed by atoms with Crippen LogP contribution < -0.4 is 9.70 Å². The molecule has 7 heteroatoms. The van der Waals surface area contributed by atoms with Crippen molar-refractivity contribution in [2.75, 3.05) is 4.90 Å². The lowest BCUT2D eigenvalue weighted by molar-refractivity contribution is -0.121. The van der Waals surface area contributed by atoms with Gasteiger partial charge in [0.05, 0.1) is 15.9 Å². The van der Waals surface area contributed by atoms with Gasteiger partial charge in [-0.2, -0.15) is 4.99 Å². The van der Waals surface area contributed by atoms with Crippen LogP contribution in [0.1, 0.15) is 41.3 Å². The SMILES string of the molecule is CCn1c(=NC(=O)c2cccc(N3C(=O)CCC3=O)c2)sc2cc(C)c(C)cc21. The third-order valence-corrected chi connectivity index (χ3v) is 6.26. The molecule has 3 amide bonds. The zero-order chi connectivity index (χ0) is 20.7. The van der Waals surface area contributed by atoms with Crippen LogP contribution in [0.15, 0.2) is 41.4 Å². The highest BCUT2D eigenvalue weighted by atomic mass is 32.1. The van der Waals surface area contributed by atoms with Crippen LogP contribution in [0, 0.1) is 13.8 Å². The number of fused-ring (bicyclic) bond motifs is 1. The molecule has 0 N–H and O–H groups in total. The Morgan fingerprint density at radius 2 is 1.76 bits per heavy atom. The fraction of sp³-hybridized carbons (Fsp3) is 0.273. The van der Waals surface area contributed by atoms with E-state index in [1.165, 1.54) is 22.5 Å². The zero-order valence-corrected chi connectivity index (χ0v) is 17.4. The van der Waals surface area contributed by atoms with Gasteiger partial charge in [0.1, 0.15) is 0 Å². The molecule has 2 aromatic carbocycles. The molecule has 0 bridgehead atoms. The second-order valence-corrected chi connectivity index (χ2v) is 8.13. The lowest BCUT2D eigenvalue weighted by Gasteiger charge is -2.14. The molecular weight excluding hydrogens is 386 g/mol. The average Bonchev–Trinajstić information content (AvgIpc) is 3.20. The van der Waals surface area contributed by atoms with Gasteiger partial charge in [-0.1, -0.05) is 17.4 Å². The predicted octanol–water partition coefficient (Wildman–Crippen LogP) is 3.73. The fourth-order valence-electron chi connectivity index (χ4n) is 3.51. The number of carbonyl (C=O) groups is 3. The molecule has 0 radical (unpaired) electrons. The minimum Gasteiger partial charge on any atom is -0.317 e. The molecule has 0 atom stereocenters. The summed E-state index contributed by atoms with van der Waals surface area (Å²) >= 11 is 1.48. The Labute approximate surface area is 172 Å². The molecule has 1 aliphatic heterocycles. The zero-order valence-electron chi connectivity index (χ0n) is 16.6. The summed E-state index contributed by atoms with van der Waals surface area (Å²) in [6, 6.07) is 10.8. The average molecular weight is 407 g/mol. The Balaban J connectivity index is 1.76. The van der Waals surface area contributed by atoms with Crippen molar-refractivity contribution >= 4 is 45.0 Å². The first-order valence-electron chi connectivity index (χ1n) is 9.54. The van der Waals surface area contributed by atoms with Crippen molar-refractivity contribution in [3.8, 4) is 0 Å². The van der Waals surface area contributed by atoms with Gasteiger partial charge in [0.15, 0.2) is 4.80 Å².